The fraction of sp³-hybridized carbons (Fsp3) is 0.308. The number of nitrogens with one attached hydrogen (secondary N) is 1. The molecular weight excluding hydrogens is 242 g/mol. The van der Waals surface area contributed by atoms with Crippen LogP contribution in [0.1, 0.15) is 10.4 Å². The summed E-state index contributed by atoms with van der Waals surface area (Å²) in [5.41, 5.74) is 1.40. The maximum absolute atomic E-state index is 12.1. The van der Waals surface area contributed by atoms with Gasteiger partial charge in [0.05, 0.1) is 23.6 Å². The van der Waals surface area contributed by atoms with Crippen LogP contribution >= 0.6 is 0 Å². The molecule has 0 saturated heterocycles. The van der Waals surface area contributed by atoms with Crippen molar-refractivity contribution >= 4 is 5.91 Å². The number of amides is 1. The number of hydrogen-bond acceptors (Lipinski definition) is 4. The van der Waals surface area contributed by atoms with E-state index in [9.17, 15) is 4.79 Å². The molecule has 0 radical (unpaired) electrons. The van der Waals surface area contributed by atoms with Crippen LogP contribution in [0.5, 0.6) is 0 Å². The van der Waals surface area contributed by atoms with E-state index in [2.05, 4.69) is 15.4 Å². The van der Waals surface area contributed by atoms with Crippen molar-refractivity contribution < 1.29 is 4.79 Å². The molecule has 2 heterocycles. The quantitative estimate of drug-likeness (QED) is 0.852. The van der Waals surface area contributed by atoms with Gasteiger partial charge >= 0.3 is 0 Å². The van der Waals surface area contributed by atoms with Crippen LogP contribution in [0, 0.1) is 0 Å². The van der Waals surface area contributed by atoms with Gasteiger partial charge in [0, 0.05) is 32.5 Å². The molecule has 1 N–H and O–H groups in total. The van der Waals surface area contributed by atoms with Gasteiger partial charge in [-0.25, -0.2) is 4.68 Å². The lowest BCUT2D eigenvalue weighted by Crippen LogP contribution is -2.32. The number of pyridine rings is 1. The number of rotatable bonds is 5. The number of carbonyl (C=O) groups excluding carboxylic acids is 1. The van der Waals surface area contributed by atoms with E-state index in [0.29, 0.717) is 12.1 Å². The van der Waals surface area contributed by atoms with E-state index in [1.54, 1.807) is 41.4 Å². The van der Waals surface area contributed by atoms with Gasteiger partial charge in [-0.2, -0.15) is 5.10 Å². The lowest BCUT2D eigenvalue weighted by atomic mass is 10.3. The molecule has 2 aromatic heterocycles. The van der Waals surface area contributed by atoms with E-state index in [4.69, 9.17) is 0 Å². The minimum Gasteiger partial charge on any atom is -0.340 e. The Morgan fingerprint density at radius 3 is 3.00 bits per heavy atom. The lowest BCUT2D eigenvalue weighted by Gasteiger charge is -2.15. The van der Waals surface area contributed by atoms with Gasteiger partial charge < -0.3 is 10.2 Å². The predicted octanol–water partition coefficient (Wildman–Crippen LogP) is 0.559. The molecule has 0 aliphatic carbocycles. The molecule has 0 aromatic carbocycles. The molecule has 2 rings (SSSR count). The van der Waals surface area contributed by atoms with Crippen LogP contribution in [-0.2, 0) is 0 Å². The molecule has 2 aromatic rings. The standard InChI is InChI=1S/C13H17N5O/c1-14-6-7-17(2)13(19)11-8-16-18(10-11)12-4-3-5-15-9-12/h3-5,8-10,14H,6-7H2,1-2H3. The van der Waals surface area contributed by atoms with Crippen molar-refractivity contribution in [3.63, 3.8) is 0 Å². The highest BCUT2D eigenvalue weighted by atomic mass is 16.2. The summed E-state index contributed by atoms with van der Waals surface area (Å²) in [6.07, 6.45) is 6.69. The normalized spacial score (nSPS) is 10.4. The molecule has 0 saturated carbocycles. The summed E-state index contributed by atoms with van der Waals surface area (Å²) < 4.78 is 1.64. The highest BCUT2D eigenvalue weighted by Crippen LogP contribution is 2.08. The number of aromatic nitrogens is 3. The zero-order valence-corrected chi connectivity index (χ0v) is 11.1. The van der Waals surface area contributed by atoms with Gasteiger partial charge in [-0.15, -0.1) is 0 Å². The minimum absolute atomic E-state index is 0.0367. The van der Waals surface area contributed by atoms with Crippen molar-refractivity contribution in [1.29, 1.82) is 0 Å². The van der Waals surface area contributed by atoms with Crippen LogP contribution in [0.4, 0.5) is 0 Å². The van der Waals surface area contributed by atoms with Gasteiger partial charge in [0.25, 0.3) is 5.91 Å². The number of nitrogens with zero attached hydrogens (tertiary/aromatic N) is 4. The molecule has 6 nitrogen and oxygen atoms in total. The zero-order chi connectivity index (χ0) is 13.7. The monoisotopic (exact) mass is 259 g/mol. The first kappa shape index (κ1) is 13.2. The van der Waals surface area contributed by atoms with E-state index in [-0.39, 0.29) is 5.91 Å². The van der Waals surface area contributed by atoms with Crippen LogP contribution in [0.3, 0.4) is 0 Å². The van der Waals surface area contributed by atoms with E-state index in [0.717, 1.165) is 12.2 Å². The summed E-state index contributed by atoms with van der Waals surface area (Å²) in [5, 5.41) is 7.20. The highest BCUT2D eigenvalue weighted by molar-refractivity contribution is 5.93. The van der Waals surface area contributed by atoms with Gasteiger partial charge in [-0.3, -0.25) is 9.78 Å². The molecule has 0 fully saturated rings. The second-order valence-corrected chi connectivity index (χ2v) is 4.22. The summed E-state index contributed by atoms with van der Waals surface area (Å²) in [4.78, 5) is 17.8. The van der Waals surface area contributed by atoms with Gasteiger partial charge in [0.2, 0.25) is 0 Å². The van der Waals surface area contributed by atoms with Crippen molar-refractivity contribution in [3.05, 3.63) is 42.5 Å². The third-order valence-electron chi connectivity index (χ3n) is 2.78. The summed E-state index contributed by atoms with van der Waals surface area (Å²) in [5.74, 6) is -0.0367. The van der Waals surface area contributed by atoms with Gasteiger partial charge in [0.15, 0.2) is 0 Å². The molecule has 100 valence electrons. The molecule has 0 spiro atoms. The van der Waals surface area contributed by atoms with E-state index < -0.39 is 0 Å². The SMILES string of the molecule is CNCCN(C)C(=O)c1cnn(-c2cccnc2)c1. The number of hydrogen-bond donors (Lipinski definition) is 1. The second-order valence-electron chi connectivity index (χ2n) is 4.22. The highest BCUT2D eigenvalue weighted by Gasteiger charge is 2.13. The Bertz CT molecular complexity index is 537. The average Bonchev–Trinajstić information content (AvgIpc) is 2.94. The summed E-state index contributed by atoms with van der Waals surface area (Å²) in [7, 11) is 3.64. The third kappa shape index (κ3) is 3.17. The minimum atomic E-state index is -0.0367. The molecule has 0 bridgehead atoms. The molecule has 19 heavy (non-hydrogen) atoms. The van der Waals surface area contributed by atoms with E-state index in [1.807, 2.05) is 19.2 Å². The molecule has 1 amide bonds. The fourth-order valence-electron chi connectivity index (χ4n) is 1.67. The van der Waals surface area contributed by atoms with Crippen LogP contribution in [-0.4, -0.2) is 52.8 Å². The predicted molar refractivity (Wildman–Crippen MR) is 72.2 cm³/mol. The van der Waals surface area contributed by atoms with Gasteiger partial charge in [-0.1, -0.05) is 0 Å². The first-order chi connectivity index (χ1) is 9.22. The Morgan fingerprint density at radius 2 is 2.32 bits per heavy atom. The Labute approximate surface area is 112 Å². The molecule has 0 unspecified atom stereocenters. The van der Waals surface area contributed by atoms with Crippen LogP contribution in [0.25, 0.3) is 5.69 Å². The van der Waals surface area contributed by atoms with Crippen molar-refractivity contribution in [2.75, 3.05) is 27.2 Å². The lowest BCUT2D eigenvalue weighted by molar-refractivity contribution is 0.0797. The maximum atomic E-state index is 12.1. The van der Waals surface area contributed by atoms with Crippen molar-refractivity contribution in [3.8, 4) is 5.69 Å². The summed E-state index contributed by atoms with van der Waals surface area (Å²) in [6, 6.07) is 3.72. The van der Waals surface area contributed by atoms with Crippen LogP contribution in [0.2, 0.25) is 0 Å². The largest absolute Gasteiger partial charge is 0.340 e. The third-order valence-corrected chi connectivity index (χ3v) is 2.78. The second kappa shape index (κ2) is 6.10. The Kier molecular flexibility index (Phi) is 4.25. The molecule has 0 atom stereocenters. The fourth-order valence-corrected chi connectivity index (χ4v) is 1.67. The van der Waals surface area contributed by atoms with Crippen molar-refractivity contribution in [2.24, 2.45) is 0 Å². The molecule has 0 aliphatic heterocycles. The smallest absolute Gasteiger partial charge is 0.256 e. The number of carbonyl (C=O) groups is 1. The van der Waals surface area contributed by atoms with E-state index in [1.165, 1.54) is 0 Å². The van der Waals surface area contributed by atoms with Crippen LogP contribution in [0.15, 0.2) is 36.9 Å². The Balaban J connectivity index is 2.11. The van der Waals surface area contributed by atoms with Crippen LogP contribution < -0.4 is 5.32 Å². The van der Waals surface area contributed by atoms with Crippen molar-refractivity contribution in [2.45, 2.75) is 0 Å². The molecular formula is C13H17N5O. The maximum Gasteiger partial charge on any atom is 0.256 e. The molecule has 0 aliphatic rings. The summed E-state index contributed by atoms with van der Waals surface area (Å²) in [6.45, 7) is 1.42. The Morgan fingerprint density at radius 1 is 1.47 bits per heavy atom. The van der Waals surface area contributed by atoms with Crippen molar-refractivity contribution in [1.82, 2.24) is 25.0 Å². The Hall–Kier alpha value is -2.21. The average molecular weight is 259 g/mol. The molecule has 6 heteroatoms. The summed E-state index contributed by atoms with van der Waals surface area (Å²) >= 11 is 0. The first-order valence-electron chi connectivity index (χ1n) is 6.07. The van der Waals surface area contributed by atoms with Gasteiger partial charge in [-0.05, 0) is 19.2 Å². The number of likely N-dealkylation sites (N-methyl/N-ethyl adjacent to an activating group) is 2. The first-order valence-corrected chi connectivity index (χ1v) is 6.07. The zero-order valence-electron chi connectivity index (χ0n) is 11.1. The topological polar surface area (TPSA) is 63.1 Å². The van der Waals surface area contributed by atoms with E-state index >= 15 is 0 Å². The van der Waals surface area contributed by atoms with Gasteiger partial charge in [0.1, 0.15) is 0 Å².